The number of fused-ring (bicyclic) bond motifs is 1. The SMILES string of the molecule is CO[C@@H]1CC[C@H](C(=O)NCCc2nc3ccccc3n2C)C[C@H]1N.Cl.Cl. The first-order valence-electron chi connectivity index (χ1n) is 8.56. The van der Waals surface area contributed by atoms with Crippen LogP contribution in [0, 0.1) is 5.92 Å². The third kappa shape index (κ3) is 4.88. The number of nitrogens with zero attached hydrogens (tertiary/aromatic N) is 2. The van der Waals surface area contributed by atoms with E-state index in [-0.39, 0.29) is 48.8 Å². The number of aromatic nitrogens is 2. The largest absolute Gasteiger partial charge is 0.380 e. The lowest BCUT2D eigenvalue weighted by Crippen LogP contribution is -2.45. The first kappa shape index (κ1) is 22.7. The number of hydrogen-bond acceptors (Lipinski definition) is 4. The van der Waals surface area contributed by atoms with E-state index in [1.807, 2.05) is 25.2 Å². The van der Waals surface area contributed by atoms with Gasteiger partial charge in [0.2, 0.25) is 5.91 Å². The molecule has 1 fully saturated rings. The summed E-state index contributed by atoms with van der Waals surface area (Å²) in [6.07, 6.45) is 3.17. The number of rotatable bonds is 5. The average molecular weight is 403 g/mol. The first-order valence-corrected chi connectivity index (χ1v) is 8.56. The van der Waals surface area contributed by atoms with E-state index in [1.165, 1.54) is 0 Å². The number of amides is 1. The van der Waals surface area contributed by atoms with Crippen molar-refractivity contribution in [1.29, 1.82) is 0 Å². The van der Waals surface area contributed by atoms with Crippen molar-refractivity contribution >= 4 is 41.8 Å². The van der Waals surface area contributed by atoms with Gasteiger partial charge in [-0.2, -0.15) is 0 Å². The smallest absolute Gasteiger partial charge is 0.223 e. The van der Waals surface area contributed by atoms with Crippen LogP contribution in [0.1, 0.15) is 25.1 Å². The minimum Gasteiger partial charge on any atom is -0.380 e. The Morgan fingerprint density at radius 1 is 1.35 bits per heavy atom. The van der Waals surface area contributed by atoms with Crippen LogP contribution in [0.2, 0.25) is 0 Å². The second-order valence-electron chi connectivity index (χ2n) is 6.56. The molecule has 1 heterocycles. The molecular weight excluding hydrogens is 375 g/mol. The Morgan fingerprint density at radius 3 is 2.73 bits per heavy atom. The lowest BCUT2D eigenvalue weighted by molar-refractivity contribution is -0.127. The second kappa shape index (κ2) is 10.1. The highest BCUT2D eigenvalue weighted by atomic mass is 35.5. The molecule has 8 heteroatoms. The van der Waals surface area contributed by atoms with Crippen LogP contribution in [0.3, 0.4) is 0 Å². The van der Waals surface area contributed by atoms with Crippen molar-refractivity contribution in [3.8, 4) is 0 Å². The van der Waals surface area contributed by atoms with E-state index < -0.39 is 0 Å². The second-order valence-corrected chi connectivity index (χ2v) is 6.56. The van der Waals surface area contributed by atoms with E-state index in [2.05, 4.69) is 20.9 Å². The van der Waals surface area contributed by atoms with Gasteiger partial charge in [0.05, 0.1) is 17.1 Å². The van der Waals surface area contributed by atoms with Gasteiger partial charge in [0, 0.05) is 39.1 Å². The molecule has 26 heavy (non-hydrogen) atoms. The van der Waals surface area contributed by atoms with Crippen molar-refractivity contribution in [3.05, 3.63) is 30.1 Å². The van der Waals surface area contributed by atoms with Crippen molar-refractivity contribution in [2.24, 2.45) is 18.7 Å². The Labute approximate surface area is 166 Å². The van der Waals surface area contributed by atoms with Gasteiger partial charge in [-0.1, -0.05) is 12.1 Å². The predicted octanol–water partition coefficient (Wildman–Crippen LogP) is 2.22. The van der Waals surface area contributed by atoms with Crippen molar-refractivity contribution in [3.63, 3.8) is 0 Å². The number of benzene rings is 1. The molecule has 0 saturated heterocycles. The Balaban J connectivity index is 0.00000169. The Hall–Kier alpha value is -1.34. The van der Waals surface area contributed by atoms with Gasteiger partial charge in [-0.25, -0.2) is 4.98 Å². The average Bonchev–Trinajstić information content (AvgIpc) is 2.91. The number of para-hydroxylation sites is 2. The van der Waals surface area contributed by atoms with E-state index in [0.717, 1.165) is 36.1 Å². The van der Waals surface area contributed by atoms with Gasteiger partial charge in [-0.15, -0.1) is 24.8 Å². The highest BCUT2D eigenvalue weighted by Crippen LogP contribution is 2.25. The molecule has 0 aliphatic heterocycles. The summed E-state index contributed by atoms with van der Waals surface area (Å²) in [5.74, 6) is 1.07. The van der Waals surface area contributed by atoms with Gasteiger partial charge in [-0.05, 0) is 31.4 Å². The molecular formula is C18H28Cl2N4O2. The molecule has 1 saturated carbocycles. The molecule has 1 aromatic carbocycles. The summed E-state index contributed by atoms with van der Waals surface area (Å²) in [7, 11) is 3.69. The van der Waals surface area contributed by atoms with Crippen molar-refractivity contribution in [2.45, 2.75) is 37.8 Å². The number of nitrogens with one attached hydrogen (secondary N) is 1. The van der Waals surface area contributed by atoms with E-state index in [4.69, 9.17) is 10.5 Å². The molecule has 0 spiro atoms. The van der Waals surface area contributed by atoms with Gasteiger partial charge in [0.25, 0.3) is 0 Å². The number of carbonyl (C=O) groups excluding carboxylic acids is 1. The van der Waals surface area contributed by atoms with Crippen LogP contribution in [0.15, 0.2) is 24.3 Å². The lowest BCUT2D eigenvalue weighted by atomic mass is 9.83. The molecule has 6 nitrogen and oxygen atoms in total. The summed E-state index contributed by atoms with van der Waals surface area (Å²) in [5.41, 5.74) is 8.19. The molecule has 0 unspecified atom stereocenters. The molecule has 3 rings (SSSR count). The number of methoxy groups -OCH3 is 1. The summed E-state index contributed by atoms with van der Waals surface area (Å²) >= 11 is 0. The fourth-order valence-corrected chi connectivity index (χ4v) is 3.57. The standard InChI is InChI=1S/C18H26N4O2.2ClH/c1-22-15-6-4-3-5-14(15)21-17(22)9-10-20-18(23)12-7-8-16(24-2)13(19)11-12;;/h3-6,12-13,16H,7-11,19H2,1-2H3,(H,20,23);2*1H/t12-,13+,16+;;/m0../s1. The summed E-state index contributed by atoms with van der Waals surface area (Å²) in [6, 6.07) is 8.00. The Bertz CT molecular complexity index is 722. The zero-order chi connectivity index (χ0) is 17.1. The van der Waals surface area contributed by atoms with E-state index in [1.54, 1.807) is 7.11 Å². The summed E-state index contributed by atoms with van der Waals surface area (Å²) in [6.45, 7) is 0.593. The van der Waals surface area contributed by atoms with Crippen LogP contribution in [0.4, 0.5) is 0 Å². The van der Waals surface area contributed by atoms with Gasteiger partial charge in [0.15, 0.2) is 0 Å². The highest BCUT2D eigenvalue weighted by molar-refractivity contribution is 5.85. The predicted molar refractivity (Wildman–Crippen MR) is 108 cm³/mol. The highest BCUT2D eigenvalue weighted by Gasteiger charge is 2.31. The number of halogens is 2. The molecule has 2 aromatic rings. The third-order valence-corrected chi connectivity index (χ3v) is 5.04. The van der Waals surface area contributed by atoms with Crippen LogP contribution in [0.5, 0.6) is 0 Å². The number of carbonyl (C=O) groups is 1. The monoisotopic (exact) mass is 402 g/mol. The van der Waals surface area contributed by atoms with Gasteiger partial charge >= 0.3 is 0 Å². The van der Waals surface area contributed by atoms with E-state index in [0.29, 0.717) is 13.0 Å². The quantitative estimate of drug-likeness (QED) is 0.802. The number of imidazole rings is 1. The number of hydrogen-bond donors (Lipinski definition) is 2. The molecule has 1 aliphatic carbocycles. The summed E-state index contributed by atoms with van der Waals surface area (Å²) in [5, 5.41) is 3.04. The molecule has 1 amide bonds. The van der Waals surface area contributed by atoms with Crippen LogP contribution in [0.25, 0.3) is 11.0 Å². The molecule has 1 aliphatic rings. The van der Waals surface area contributed by atoms with Crippen molar-refractivity contribution in [1.82, 2.24) is 14.9 Å². The number of aryl methyl sites for hydroxylation is 1. The number of ether oxygens (including phenoxy) is 1. The van der Waals surface area contributed by atoms with Crippen LogP contribution >= 0.6 is 24.8 Å². The van der Waals surface area contributed by atoms with Crippen LogP contribution in [-0.2, 0) is 23.0 Å². The Kier molecular flexibility index (Phi) is 8.83. The summed E-state index contributed by atoms with van der Waals surface area (Å²) in [4.78, 5) is 17.0. The van der Waals surface area contributed by atoms with E-state index in [9.17, 15) is 4.79 Å². The van der Waals surface area contributed by atoms with Gasteiger partial charge in [0.1, 0.15) is 5.82 Å². The van der Waals surface area contributed by atoms with Crippen LogP contribution in [-0.4, -0.2) is 41.3 Å². The van der Waals surface area contributed by atoms with Gasteiger partial charge in [-0.3, -0.25) is 4.79 Å². The molecule has 1 aromatic heterocycles. The zero-order valence-electron chi connectivity index (χ0n) is 15.2. The normalized spacial score (nSPS) is 22.3. The maximum absolute atomic E-state index is 12.4. The topological polar surface area (TPSA) is 82.2 Å². The van der Waals surface area contributed by atoms with Crippen LogP contribution < -0.4 is 11.1 Å². The minimum absolute atomic E-state index is 0. The molecule has 0 bridgehead atoms. The maximum atomic E-state index is 12.4. The first-order chi connectivity index (χ1) is 11.6. The number of nitrogens with two attached hydrogens (primary N) is 1. The zero-order valence-corrected chi connectivity index (χ0v) is 16.8. The fraction of sp³-hybridized carbons (Fsp3) is 0.556. The Morgan fingerprint density at radius 2 is 2.08 bits per heavy atom. The minimum atomic E-state index is -0.0562. The molecule has 0 radical (unpaired) electrons. The molecule has 3 atom stereocenters. The third-order valence-electron chi connectivity index (χ3n) is 5.04. The van der Waals surface area contributed by atoms with Crippen molar-refractivity contribution in [2.75, 3.05) is 13.7 Å². The molecule has 3 N–H and O–H groups in total. The van der Waals surface area contributed by atoms with Gasteiger partial charge < -0.3 is 20.4 Å². The maximum Gasteiger partial charge on any atom is 0.223 e. The summed E-state index contributed by atoms with van der Waals surface area (Å²) < 4.78 is 7.43. The van der Waals surface area contributed by atoms with E-state index >= 15 is 0 Å². The van der Waals surface area contributed by atoms with Crippen molar-refractivity contribution < 1.29 is 9.53 Å². The molecule has 146 valence electrons. The fourth-order valence-electron chi connectivity index (χ4n) is 3.57. The lowest BCUT2D eigenvalue weighted by Gasteiger charge is -2.32.